The fourth-order valence-electron chi connectivity index (χ4n) is 2.87. The molecule has 0 aliphatic heterocycles. The third-order valence-corrected chi connectivity index (χ3v) is 7.87. The van der Waals surface area contributed by atoms with E-state index in [0.29, 0.717) is 0 Å². The summed E-state index contributed by atoms with van der Waals surface area (Å²) in [7, 11) is -2.17. The van der Waals surface area contributed by atoms with Crippen LogP contribution in [0.1, 0.15) is 0 Å². The van der Waals surface area contributed by atoms with E-state index in [4.69, 9.17) is 0 Å². The molecule has 2 nitrogen and oxygen atoms in total. The zero-order valence-electron chi connectivity index (χ0n) is 13.1. The molecule has 0 heterocycles. The number of rotatable bonds is 5. The molecule has 0 bridgehead atoms. The highest BCUT2D eigenvalue weighted by Gasteiger charge is 2.43. The summed E-state index contributed by atoms with van der Waals surface area (Å²) in [5, 5.41) is 12.7. The van der Waals surface area contributed by atoms with Crippen LogP contribution < -0.4 is 15.9 Å². The van der Waals surface area contributed by atoms with Crippen molar-refractivity contribution in [1.82, 2.24) is 0 Å². The van der Waals surface area contributed by atoms with Gasteiger partial charge in [0.2, 0.25) is 0 Å². The first kappa shape index (κ1) is 16.2. The van der Waals surface area contributed by atoms with Gasteiger partial charge < -0.3 is 5.11 Å². The highest BCUT2D eigenvalue weighted by molar-refractivity contribution is 7.98. The molecule has 0 unspecified atom stereocenters. The van der Waals surface area contributed by atoms with Gasteiger partial charge in [0.25, 0.3) is 0 Å². The lowest BCUT2D eigenvalue weighted by Gasteiger charge is -2.23. The zero-order chi connectivity index (χ0) is 16.8. The van der Waals surface area contributed by atoms with Crippen LogP contribution >= 0.6 is 7.26 Å². The van der Waals surface area contributed by atoms with Crippen molar-refractivity contribution in [2.75, 3.05) is 0 Å². The highest BCUT2D eigenvalue weighted by Crippen LogP contribution is 2.56. The maximum Gasteiger partial charge on any atom is 0.331 e. The van der Waals surface area contributed by atoms with E-state index in [-0.39, 0.29) is 0 Å². The lowest BCUT2D eigenvalue weighted by atomic mass is 10.4. The van der Waals surface area contributed by atoms with Gasteiger partial charge in [0.1, 0.15) is 23.2 Å². The van der Waals surface area contributed by atoms with Crippen molar-refractivity contribution >= 4 is 29.1 Å². The van der Waals surface area contributed by atoms with Gasteiger partial charge in [0.05, 0.1) is 11.9 Å². The Bertz CT molecular complexity index is 731. The minimum absolute atomic E-state index is 0.929. The fraction of sp³-hybridized carbons (Fsp3) is 0. The Labute approximate surface area is 142 Å². The van der Waals surface area contributed by atoms with Crippen molar-refractivity contribution in [2.45, 2.75) is 0 Å². The summed E-state index contributed by atoms with van der Waals surface area (Å²) in [6, 6.07) is 30.5. The molecule has 0 atom stereocenters. The van der Waals surface area contributed by atoms with Crippen LogP contribution in [0.5, 0.6) is 0 Å². The topological polar surface area (TPSA) is 37.3 Å². The number of carboxylic acids is 1. The molecule has 0 saturated heterocycles. The predicted molar refractivity (Wildman–Crippen MR) is 102 cm³/mol. The van der Waals surface area contributed by atoms with Crippen LogP contribution in [-0.4, -0.2) is 11.1 Å². The Morgan fingerprint density at radius 2 is 1.00 bits per heavy atom. The SMILES string of the molecule is O=C(O)C=C[P+](c1ccccc1)(c1ccccc1)c1ccccc1. The minimum atomic E-state index is -2.17. The van der Waals surface area contributed by atoms with Crippen LogP contribution in [0, 0.1) is 0 Å². The van der Waals surface area contributed by atoms with Crippen molar-refractivity contribution < 1.29 is 9.90 Å². The molecule has 0 saturated carbocycles. The van der Waals surface area contributed by atoms with Gasteiger partial charge >= 0.3 is 5.97 Å². The summed E-state index contributed by atoms with van der Waals surface area (Å²) in [5.41, 5.74) is 0. The largest absolute Gasteiger partial charge is 0.478 e. The van der Waals surface area contributed by atoms with Crippen LogP contribution in [0.4, 0.5) is 0 Å². The molecule has 3 heteroatoms. The number of carbonyl (C=O) groups is 1. The molecular weight excluding hydrogens is 315 g/mol. The lowest BCUT2D eigenvalue weighted by Crippen LogP contribution is -2.29. The van der Waals surface area contributed by atoms with E-state index in [9.17, 15) is 9.90 Å². The van der Waals surface area contributed by atoms with E-state index >= 15 is 0 Å². The quantitative estimate of drug-likeness (QED) is 0.572. The number of benzene rings is 3. The van der Waals surface area contributed by atoms with Crippen LogP contribution in [0.3, 0.4) is 0 Å². The van der Waals surface area contributed by atoms with Crippen molar-refractivity contribution in [3.8, 4) is 0 Å². The summed E-state index contributed by atoms with van der Waals surface area (Å²) in [6.45, 7) is 0. The second kappa shape index (κ2) is 7.25. The number of hydrogen-bond donors (Lipinski definition) is 1. The smallest absolute Gasteiger partial charge is 0.331 e. The third-order valence-electron chi connectivity index (χ3n) is 3.93. The summed E-state index contributed by atoms with van der Waals surface area (Å²) < 4.78 is 0. The van der Waals surface area contributed by atoms with Gasteiger partial charge in [-0.25, -0.2) is 4.79 Å². The summed E-state index contributed by atoms with van der Waals surface area (Å²) in [4.78, 5) is 11.3. The van der Waals surface area contributed by atoms with Crippen LogP contribution in [0.15, 0.2) is 103 Å². The average Bonchev–Trinajstić information content (AvgIpc) is 2.65. The van der Waals surface area contributed by atoms with Gasteiger partial charge in [-0.3, -0.25) is 0 Å². The Balaban J connectivity index is 2.35. The lowest BCUT2D eigenvalue weighted by molar-refractivity contribution is -0.131. The predicted octanol–water partition coefficient (Wildman–Crippen LogP) is 3.58. The highest BCUT2D eigenvalue weighted by atomic mass is 31.2. The molecule has 118 valence electrons. The molecule has 0 aromatic heterocycles. The van der Waals surface area contributed by atoms with Crippen LogP contribution in [0.2, 0.25) is 0 Å². The third kappa shape index (κ3) is 3.15. The second-order valence-electron chi connectivity index (χ2n) is 5.38. The zero-order valence-corrected chi connectivity index (χ0v) is 14.0. The van der Waals surface area contributed by atoms with E-state index in [1.54, 1.807) is 0 Å². The van der Waals surface area contributed by atoms with Gasteiger partial charge in [-0.15, -0.1) is 0 Å². The van der Waals surface area contributed by atoms with E-state index in [0.717, 1.165) is 15.9 Å². The van der Waals surface area contributed by atoms with E-state index in [1.165, 1.54) is 6.08 Å². The summed E-state index contributed by atoms with van der Waals surface area (Å²) in [5.74, 6) is 0.956. The van der Waals surface area contributed by atoms with Gasteiger partial charge in [0, 0.05) is 0 Å². The van der Waals surface area contributed by atoms with Crippen molar-refractivity contribution in [1.29, 1.82) is 0 Å². The van der Waals surface area contributed by atoms with Crippen molar-refractivity contribution in [2.24, 2.45) is 0 Å². The monoisotopic (exact) mass is 333 g/mol. The molecule has 0 amide bonds. The minimum Gasteiger partial charge on any atom is -0.478 e. The number of carboxylic acid groups (broad SMARTS) is 1. The van der Waals surface area contributed by atoms with Crippen LogP contribution in [-0.2, 0) is 4.79 Å². The molecule has 0 radical (unpaired) electrons. The van der Waals surface area contributed by atoms with Gasteiger partial charge in [-0.2, -0.15) is 0 Å². The molecular formula is C21H18O2P+. The Hall–Kier alpha value is -2.70. The van der Waals surface area contributed by atoms with Gasteiger partial charge in [-0.1, -0.05) is 54.6 Å². The molecule has 0 aliphatic carbocycles. The first-order chi connectivity index (χ1) is 11.7. The molecule has 24 heavy (non-hydrogen) atoms. The number of aliphatic carboxylic acids is 1. The summed E-state index contributed by atoms with van der Waals surface area (Å²) in [6.07, 6.45) is 1.28. The maximum atomic E-state index is 11.3. The van der Waals surface area contributed by atoms with Crippen molar-refractivity contribution in [3.63, 3.8) is 0 Å². The Morgan fingerprint density at radius 3 is 1.29 bits per heavy atom. The van der Waals surface area contributed by atoms with E-state index < -0.39 is 13.2 Å². The van der Waals surface area contributed by atoms with E-state index in [1.807, 2.05) is 60.4 Å². The van der Waals surface area contributed by atoms with E-state index in [2.05, 4.69) is 36.4 Å². The van der Waals surface area contributed by atoms with Crippen LogP contribution in [0.25, 0.3) is 0 Å². The van der Waals surface area contributed by atoms with Crippen molar-refractivity contribution in [3.05, 3.63) is 103 Å². The molecule has 0 fully saturated rings. The standard InChI is InChI=1S/C21H17O2P/c22-21(23)16-17-24(18-10-4-1-5-11-18,19-12-6-2-7-13-19)20-14-8-3-9-15-20/h1-17H/p+1. The first-order valence-corrected chi connectivity index (χ1v) is 9.57. The summed E-state index contributed by atoms with van der Waals surface area (Å²) >= 11 is 0. The van der Waals surface area contributed by atoms with Gasteiger partial charge in [-0.05, 0) is 36.4 Å². The maximum absolute atomic E-state index is 11.3. The molecule has 3 aromatic carbocycles. The Morgan fingerprint density at radius 1 is 0.667 bits per heavy atom. The molecule has 3 rings (SSSR count). The van der Waals surface area contributed by atoms with Gasteiger partial charge in [0.15, 0.2) is 0 Å². The molecule has 1 N–H and O–H groups in total. The molecule has 3 aromatic rings. The Kier molecular flexibility index (Phi) is 4.88. The molecule has 0 aliphatic rings. The number of hydrogen-bond acceptors (Lipinski definition) is 1. The normalized spacial score (nSPS) is 11.5. The average molecular weight is 333 g/mol. The molecule has 0 spiro atoms. The fourth-order valence-corrected chi connectivity index (χ4v) is 6.56. The first-order valence-electron chi connectivity index (χ1n) is 7.71. The second-order valence-corrected chi connectivity index (χ2v) is 8.68.